The predicted molar refractivity (Wildman–Crippen MR) is 83.3 cm³/mol. The van der Waals surface area contributed by atoms with E-state index in [1.807, 2.05) is 30.3 Å². The standard InChI is InChI=1S/C16H12N2O3S/c1-9-6-14(18-21-9)17-16(19)13-7-10-8-20-12-5-3-2-4-11(12)15(10)22-13/h2-7H,8H2,1H3,(H,17,18,19). The van der Waals surface area contributed by atoms with Crippen LogP contribution in [-0.4, -0.2) is 11.1 Å². The van der Waals surface area contributed by atoms with Gasteiger partial charge < -0.3 is 14.6 Å². The van der Waals surface area contributed by atoms with Crippen LogP contribution in [-0.2, 0) is 6.61 Å². The Morgan fingerprint density at radius 1 is 1.32 bits per heavy atom. The third-order valence-corrected chi connectivity index (χ3v) is 4.63. The smallest absolute Gasteiger partial charge is 0.267 e. The van der Waals surface area contributed by atoms with Crippen molar-refractivity contribution in [3.05, 3.63) is 52.6 Å². The molecule has 0 unspecified atom stereocenters. The molecule has 2 aromatic heterocycles. The summed E-state index contributed by atoms with van der Waals surface area (Å²) in [6, 6.07) is 11.4. The normalized spacial score (nSPS) is 12.2. The molecule has 0 radical (unpaired) electrons. The molecular weight excluding hydrogens is 300 g/mol. The minimum atomic E-state index is -0.190. The van der Waals surface area contributed by atoms with Crippen LogP contribution < -0.4 is 10.1 Å². The monoisotopic (exact) mass is 312 g/mol. The molecule has 1 aromatic carbocycles. The van der Waals surface area contributed by atoms with Gasteiger partial charge >= 0.3 is 0 Å². The number of carbonyl (C=O) groups is 1. The van der Waals surface area contributed by atoms with Gasteiger partial charge in [0, 0.05) is 22.1 Å². The molecule has 6 heteroatoms. The minimum Gasteiger partial charge on any atom is -0.488 e. The van der Waals surface area contributed by atoms with Gasteiger partial charge in [-0.05, 0) is 25.1 Å². The average molecular weight is 312 g/mol. The van der Waals surface area contributed by atoms with Crippen molar-refractivity contribution in [2.75, 3.05) is 5.32 Å². The van der Waals surface area contributed by atoms with Crippen LogP contribution in [0.15, 0.2) is 40.9 Å². The fourth-order valence-corrected chi connectivity index (χ4v) is 3.51. The highest BCUT2D eigenvalue weighted by atomic mass is 32.1. The number of nitrogens with one attached hydrogen (secondary N) is 1. The van der Waals surface area contributed by atoms with Crippen LogP contribution in [0.3, 0.4) is 0 Å². The molecule has 0 saturated carbocycles. The van der Waals surface area contributed by atoms with Gasteiger partial charge in [-0.25, -0.2) is 0 Å². The van der Waals surface area contributed by atoms with Gasteiger partial charge in [-0.15, -0.1) is 11.3 Å². The maximum Gasteiger partial charge on any atom is 0.267 e. The molecule has 3 heterocycles. The first-order valence-electron chi connectivity index (χ1n) is 6.80. The average Bonchev–Trinajstić information content (AvgIpc) is 3.13. The number of hydrogen-bond acceptors (Lipinski definition) is 5. The number of hydrogen-bond donors (Lipinski definition) is 1. The predicted octanol–water partition coefficient (Wildman–Crippen LogP) is 3.86. The van der Waals surface area contributed by atoms with Gasteiger partial charge in [0.25, 0.3) is 5.91 Å². The Hall–Kier alpha value is -2.60. The zero-order valence-electron chi connectivity index (χ0n) is 11.8. The quantitative estimate of drug-likeness (QED) is 0.780. The highest BCUT2D eigenvalue weighted by molar-refractivity contribution is 7.17. The first-order chi connectivity index (χ1) is 10.7. The van der Waals surface area contributed by atoms with Crippen molar-refractivity contribution in [1.82, 2.24) is 5.16 Å². The third kappa shape index (κ3) is 2.17. The summed E-state index contributed by atoms with van der Waals surface area (Å²) in [5.74, 6) is 1.75. The van der Waals surface area contributed by atoms with Gasteiger partial charge in [0.1, 0.15) is 18.1 Å². The molecule has 1 aliphatic heterocycles. The third-order valence-electron chi connectivity index (χ3n) is 3.42. The Morgan fingerprint density at radius 2 is 2.18 bits per heavy atom. The first kappa shape index (κ1) is 13.1. The van der Waals surface area contributed by atoms with E-state index in [1.165, 1.54) is 11.3 Å². The Labute approximate surface area is 130 Å². The molecule has 0 saturated heterocycles. The molecule has 0 aliphatic carbocycles. The molecule has 5 nitrogen and oxygen atoms in total. The fourth-order valence-electron chi connectivity index (χ4n) is 2.41. The lowest BCUT2D eigenvalue weighted by Crippen LogP contribution is -2.10. The molecule has 0 atom stereocenters. The number of aromatic nitrogens is 1. The Bertz CT molecular complexity index is 866. The second kappa shape index (κ2) is 4.99. The SMILES string of the molecule is Cc1cc(NC(=O)c2cc3c(s2)-c2ccccc2OC3)no1. The van der Waals surface area contributed by atoms with Crippen molar-refractivity contribution < 1.29 is 14.1 Å². The van der Waals surface area contributed by atoms with Crippen LogP contribution in [0.4, 0.5) is 5.82 Å². The van der Waals surface area contributed by atoms with Crippen LogP contribution in [0.1, 0.15) is 21.0 Å². The summed E-state index contributed by atoms with van der Waals surface area (Å²) in [5.41, 5.74) is 2.07. The molecule has 0 fully saturated rings. The summed E-state index contributed by atoms with van der Waals surface area (Å²) in [7, 11) is 0. The number of amides is 1. The van der Waals surface area contributed by atoms with Gasteiger partial charge in [-0.3, -0.25) is 4.79 Å². The lowest BCUT2D eigenvalue weighted by molar-refractivity contribution is 0.102. The van der Waals surface area contributed by atoms with Crippen molar-refractivity contribution in [3.8, 4) is 16.2 Å². The summed E-state index contributed by atoms with van der Waals surface area (Å²) in [4.78, 5) is 14.0. The molecule has 0 spiro atoms. The van der Waals surface area contributed by atoms with E-state index in [0.717, 1.165) is 21.8 Å². The summed E-state index contributed by atoms with van der Waals surface area (Å²) in [5, 5.41) is 6.51. The molecule has 4 rings (SSSR count). The lowest BCUT2D eigenvalue weighted by atomic mass is 10.1. The maximum atomic E-state index is 12.3. The molecule has 1 amide bonds. The van der Waals surface area contributed by atoms with Gasteiger partial charge in [0.05, 0.1) is 4.88 Å². The summed E-state index contributed by atoms with van der Waals surface area (Å²) >= 11 is 1.46. The maximum absolute atomic E-state index is 12.3. The van der Waals surface area contributed by atoms with Crippen molar-refractivity contribution in [1.29, 1.82) is 0 Å². The van der Waals surface area contributed by atoms with Crippen molar-refractivity contribution in [2.45, 2.75) is 13.5 Å². The highest BCUT2D eigenvalue weighted by Crippen LogP contribution is 2.42. The van der Waals surface area contributed by atoms with Crippen LogP contribution in [0, 0.1) is 6.92 Å². The molecular formula is C16H12N2O3S. The summed E-state index contributed by atoms with van der Waals surface area (Å²) in [6.07, 6.45) is 0. The fraction of sp³-hybridized carbons (Fsp3) is 0.125. The number of fused-ring (bicyclic) bond motifs is 3. The number of rotatable bonds is 2. The van der Waals surface area contributed by atoms with Crippen molar-refractivity contribution in [3.63, 3.8) is 0 Å². The zero-order chi connectivity index (χ0) is 15.1. The first-order valence-corrected chi connectivity index (χ1v) is 7.62. The molecule has 1 N–H and O–H groups in total. The van der Waals surface area contributed by atoms with Gasteiger partial charge in [-0.1, -0.05) is 17.3 Å². The van der Waals surface area contributed by atoms with E-state index < -0.39 is 0 Å². The number of benzene rings is 1. The van der Waals surface area contributed by atoms with Crippen molar-refractivity contribution >= 4 is 23.1 Å². The number of carbonyl (C=O) groups excluding carboxylic acids is 1. The second-order valence-corrected chi connectivity index (χ2v) is 6.08. The second-order valence-electron chi connectivity index (χ2n) is 5.03. The number of thiophene rings is 1. The van der Waals surface area contributed by atoms with E-state index in [-0.39, 0.29) is 5.91 Å². The van der Waals surface area contributed by atoms with E-state index in [4.69, 9.17) is 9.26 Å². The van der Waals surface area contributed by atoms with E-state index in [2.05, 4.69) is 10.5 Å². The van der Waals surface area contributed by atoms with Gasteiger partial charge in [0.2, 0.25) is 0 Å². The number of ether oxygens (including phenoxy) is 1. The van der Waals surface area contributed by atoms with E-state index in [9.17, 15) is 4.79 Å². The molecule has 1 aliphatic rings. The Balaban J connectivity index is 1.65. The van der Waals surface area contributed by atoms with Crippen molar-refractivity contribution in [2.24, 2.45) is 0 Å². The lowest BCUT2D eigenvalue weighted by Gasteiger charge is -2.16. The van der Waals surface area contributed by atoms with E-state index in [0.29, 0.717) is 23.1 Å². The highest BCUT2D eigenvalue weighted by Gasteiger charge is 2.22. The molecule has 0 bridgehead atoms. The van der Waals surface area contributed by atoms with E-state index in [1.54, 1.807) is 13.0 Å². The van der Waals surface area contributed by atoms with Crippen LogP contribution in [0.25, 0.3) is 10.4 Å². The van der Waals surface area contributed by atoms with Crippen LogP contribution in [0.2, 0.25) is 0 Å². The zero-order valence-corrected chi connectivity index (χ0v) is 12.6. The number of nitrogens with zero attached hydrogens (tertiary/aromatic N) is 1. The van der Waals surface area contributed by atoms with Crippen LogP contribution >= 0.6 is 11.3 Å². The number of anilines is 1. The number of aryl methyl sites for hydroxylation is 1. The Kier molecular flexibility index (Phi) is 2.97. The summed E-state index contributed by atoms with van der Waals surface area (Å²) in [6.45, 7) is 2.26. The number of para-hydroxylation sites is 1. The van der Waals surface area contributed by atoms with Crippen LogP contribution in [0.5, 0.6) is 5.75 Å². The van der Waals surface area contributed by atoms with E-state index >= 15 is 0 Å². The molecule has 3 aromatic rings. The van der Waals surface area contributed by atoms with Gasteiger partial charge in [0.15, 0.2) is 5.82 Å². The molecule has 22 heavy (non-hydrogen) atoms. The topological polar surface area (TPSA) is 64.4 Å². The van der Waals surface area contributed by atoms with Gasteiger partial charge in [-0.2, -0.15) is 0 Å². The largest absolute Gasteiger partial charge is 0.488 e. The molecule has 110 valence electrons. The Morgan fingerprint density at radius 3 is 3.00 bits per heavy atom. The summed E-state index contributed by atoms with van der Waals surface area (Å²) < 4.78 is 10.7. The minimum absolute atomic E-state index is 0.190.